The second kappa shape index (κ2) is 12.4. The first kappa shape index (κ1) is 21.9. The quantitative estimate of drug-likeness (QED) is 0.372. The van der Waals surface area contributed by atoms with Crippen molar-refractivity contribution in [2.75, 3.05) is 46.8 Å². The zero-order chi connectivity index (χ0) is 15.7. The van der Waals surface area contributed by atoms with Gasteiger partial charge in [-0.15, -0.1) is 24.0 Å². The number of likely N-dealkylation sites (tertiary alicyclic amines) is 1. The van der Waals surface area contributed by atoms with Crippen LogP contribution in [0.5, 0.6) is 0 Å². The molecule has 0 saturated carbocycles. The average Bonchev–Trinajstić information content (AvgIpc) is 2.48. The van der Waals surface area contributed by atoms with Crippen molar-refractivity contribution in [3.8, 4) is 0 Å². The summed E-state index contributed by atoms with van der Waals surface area (Å²) in [5.74, 6) is 0.945. The van der Waals surface area contributed by atoms with Crippen LogP contribution in [0.25, 0.3) is 0 Å². The standard InChI is InChI=1S/C16H35N5.HI/c1-6-10-21-11-7-15(8-12-21)19-16(17-4)18-9-13-20(5)14(2)3;/h14-15H,6-13H2,1-5H3,(H2,17,18,19);1H. The van der Waals surface area contributed by atoms with E-state index in [1.807, 2.05) is 7.05 Å². The number of hydrogen-bond donors (Lipinski definition) is 2. The Morgan fingerprint density at radius 2 is 1.95 bits per heavy atom. The molecule has 1 heterocycles. The van der Waals surface area contributed by atoms with Gasteiger partial charge in [0.25, 0.3) is 0 Å². The average molecular weight is 425 g/mol. The molecule has 2 N–H and O–H groups in total. The third-order valence-electron chi connectivity index (χ3n) is 4.33. The Bertz CT molecular complexity index is 301. The van der Waals surface area contributed by atoms with Crippen LogP contribution in [-0.2, 0) is 0 Å². The maximum Gasteiger partial charge on any atom is 0.191 e. The predicted octanol–water partition coefficient (Wildman–Crippen LogP) is 1.98. The summed E-state index contributed by atoms with van der Waals surface area (Å²) in [5, 5.41) is 6.99. The summed E-state index contributed by atoms with van der Waals surface area (Å²) in [7, 11) is 4.01. The minimum atomic E-state index is 0. The highest BCUT2D eigenvalue weighted by atomic mass is 127. The molecule has 1 rings (SSSR count). The van der Waals surface area contributed by atoms with Gasteiger partial charge < -0.3 is 20.4 Å². The first-order valence-corrected chi connectivity index (χ1v) is 8.46. The number of aliphatic imine (C=N–C) groups is 1. The second-order valence-electron chi connectivity index (χ2n) is 6.33. The van der Waals surface area contributed by atoms with Crippen LogP contribution in [-0.4, -0.2) is 74.7 Å². The molecule has 0 unspecified atom stereocenters. The van der Waals surface area contributed by atoms with Crippen LogP contribution in [0, 0.1) is 0 Å². The number of piperidine rings is 1. The maximum atomic E-state index is 4.34. The SMILES string of the molecule is CCCN1CCC(NC(=NC)NCCN(C)C(C)C)CC1.I. The van der Waals surface area contributed by atoms with Crippen molar-refractivity contribution < 1.29 is 0 Å². The summed E-state index contributed by atoms with van der Waals surface area (Å²) in [6.45, 7) is 12.3. The smallest absolute Gasteiger partial charge is 0.191 e. The lowest BCUT2D eigenvalue weighted by molar-refractivity contribution is 0.206. The zero-order valence-corrected chi connectivity index (χ0v) is 17.4. The van der Waals surface area contributed by atoms with Crippen LogP contribution in [0.4, 0.5) is 0 Å². The van der Waals surface area contributed by atoms with Gasteiger partial charge in [0.2, 0.25) is 0 Å². The van der Waals surface area contributed by atoms with Crippen molar-refractivity contribution in [1.82, 2.24) is 20.4 Å². The van der Waals surface area contributed by atoms with Gasteiger partial charge in [-0.3, -0.25) is 4.99 Å². The Balaban J connectivity index is 0.00000441. The second-order valence-corrected chi connectivity index (χ2v) is 6.33. The van der Waals surface area contributed by atoms with Crippen LogP contribution >= 0.6 is 24.0 Å². The van der Waals surface area contributed by atoms with Crippen molar-refractivity contribution in [3.63, 3.8) is 0 Å². The molecule has 6 heteroatoms. The van der Waals surface area contributed by atoms with E-state index < -0.39 is 0 Å². The normalized spacial score (nSPS) is 17.7. The number of nitrogens with zero attached hydrogens (tertiary/aromatic N) is 3. The Labute approximate surface area is 154 Å². The van der Waals surface area contributed by atoms with Gasteiger partial charge in [0.1, 0.15) is 0 Å². The molecule has 0 aromatic heterocycles. The third-order valence-corrected chi connectivity index (χ3v) is 4.33. The van der Waals surface area contributed by atoms with Gasteiger partial charge in [0, 0.05) is 45.3 Å². The van der Waals surface area contributed by atoms with Crippen molar-refractivity contribution in [2.24, 2.45) is 4.99 Å². The number of rotatable bonds is 7. The molecule has 1 aliphatic heterocycles. The van der Waals surface area contributed by atoms with Crippen LogP contribution in [0.3, 0.4) is 0 Å². The highest BCUT2D eigenvalue weighted by molar-refractivity contribution is 14.0. The van der Waals surface area contributed by atoms with Crippen molar-refractivity contribution >= 4 is 29.9 Å². The lowest BCUT2D eigenvalue weighted by atomic mass is 10.1. The lowest BCUT2D eigenvalue weighted by Gasteiger charge is -2.33. The van der Waals surface area contributed by atoms with Gasteiger partial charge in [-0.05, 0) is 46.7 Å². The first-order chi connectivity index (χ1) is 10.1. The summed E-state index contributed by atoms with van der Waals surface area (Å²) in [4.78, 5) is 9.24. The topological polar surface area (TPSA) is 42.9 Å². The molecule has 22 heavy (non-hydrogen) atoms. The predicted molar refractivity (Wildman–Crippen MR) is 107 cm³/mol. The Kier molecular flexibility index (Phi) is 12.3. The van der Waals surface area contributed by atoms with E-state index in [1.54, 1.807) is 0 Å². The fourth-order valence-corrected chi connectivity index (χ4v) is 2.61. The Morgan fingerprint density at radius 3 is 2.45 bits per heavy atom. The minimum absolute atomic E-state index is 0. The third kappa shape index (κ3) is 8.53. The molecule has 0 spiro atoms. The number of likely N-dealkylation sites (N-methyl/N-ethyl adjacent to an activating group) is 1. The Morgan fingerprint density at radius 1 is 1.32 bits per heavy atom. The number of hydrogen-bond acceptors (Lipinski definition) is 3. The summed E-state index contributed by atoms with van der Waals surface area (Å²) >= 11 is 0. The molecule has 0 aliphatic carbocycles. The molecule has 132 valence electrons. The van der Waals surface area contributed by atoms with Crippen molar-refractivity contribution in [3.05, 3.63) is 0 Å². The van der Waals surface area contributed by atoms with Gasteiger partial charge in [0.05, 0.1) is 0 Å². The highest BCUT2D eigenvalue weighted by Crippen LogP contribution is 2.10. The Hall–Kier alpha value is -0.0800. The van der Waals surface area contributed by atoms with E-state index in [9.17, 15) is 0 Å². The van der Waals surface area contributed by atoms with E-state index >= 15 is 0 Å². The van der Waals surface area contributed by atoms with E-state index in [-0.39, 0.29) is 24.0 Å². The molecule has 5 nitrogen and oxygen atoms in total. The van der Waals surface area contributed by atoms with E-state index in [1.165, 1.54) is 38.9 Å². The highest BCUT2D eigenvalue weighted by Gasteiger charge is 2.19. The number of nitrogens with one attached hydrogen (secondary N) is 2. The van der Waals surface area contributed by atoms with Gasteiger partial charge in [-0.1, -0.05) is 6.92 Å². The van der Waals surface area contributed by atoms with Gasteiger partial charge in [0.15, 0.2) is 5.96 Å². The molecule has 0 aromatic rings. The first-order valence-electron chi connectivity index (χ1n) is 8.46. The molecule has 1 aliphatic rings. The number of halogens is 1. The van der Waals surface area contributed by atoms with E-state index in [0.717, 1.165) is 19.0 Å². The van der Waals surface area contributed by atoms with Crippen LogP contribution in [0.2, 0.25) is 0 Å². The summed E-state index contributed by atoms with van der Waals surface area (Å²) in [6, 6.07) is 1.15. The molecule has 0 bridgehead atoms. The summed E-state index contributed by atoms with van der Waals surface area (Å²) in [5.41, 5.74) is 0. The van der Waals surface area contributed by atoms with Crippen LogP contribution in [0.1, 0.15) is 40.0 Å². The maximum absolute atomic E-state index is 4.34. The molecule has 1 fully saturated rings. The fraction of sp³-hybridized carbons (Fsp3) is 0.938. The molecule has 0 atom stereocenters. The molecule has 1 saturated heterocycles. The molecule has 0 radical (unpaired) electrons. The van der Waals surface area contributed by atoms with Gasteiger partial charge in [-0.25, -0.2) is 0 Å². The van der Waals surface area contributed by atoms with E-state index in [4.69, 9.17) is 0 Å². The van der Waals surface area contributed by atoms with Crippen molar-refractivity contribution in [1.29, 1.82) is 0 Å². The zero-order valence-electron chi connectivity index (χ0n) is 15.1. The number of guanidine groups is 1. The van der Waals surface area contributed by atoms with Gasteiger partial charge in [-0.2, -0.15) is 0 Å². The largest absolute Gasteiger partial charge is 0.355 e. The van der Waals surface area contributed by atoms with Gasteiger partial charge >= 0.3 is 0 Å². The van der Waals surface area contributed by atoms with E-state index in [2.05, 4.69) is 53.2 Å². The molecule has 0 amide bonds. The minimum Gasteiger partial charge on any atom is -0.355 e. The van der Waals surface area contributed by atoms with Crippen LogP contribution in [0.15, 0.2) is 4.99 Å². The molecular formula is C16H36IN5. The fourth-order valence-electron chi connectivity index (χ4n) is 2.61. The summed E-state index contributed by atoms with van der Waals surface area (Å²) in [6.07, 6.45) is 3.68. The summed E-state index contributed by atoms with van der Waals surface area (Å²) < 4.78 is 0. The van der Waals surface area contributed by atoms with Crippen LogP contribution < -0.4 is 10.6 Å². The monoisotopic (exact) mass is 425 g/mol. The van der Waals surface area contributed by atoms with Crippen molar-refractivity contribution in [2.45, 2.75) is 52.1 Å². The lowest BCUT2D eigenvalue weighted by Crippen LogP contribution is -2.49. The molecular weight excluding hydrogens is 389 g/mol. The molecule has 0 aromatic carbocycles. The van der Waals surface area contributed by atoms with E-state index in [0.29, 0.717) is 12.1 Å².